The van der Waals surface area contributed by atoms with E-state index in [0.29, 0.717) is 11.5 Å². The molecule has 3 heteroatoms. The zero-order valence-electron chi connectivity index (χ0n) is 20.3. The van der Waals surface area contributed by atoms with Crippen molar-refractivity contribution in [2.45, 2.75) is 47.0 Å². The van der Waals surface area contributed by atoms with Gasteiger partial charge in [0.2, 0.25) is 0 Å². The Hall–Kier alpha value is -3.20. The highest BCUT2D eigenvalue weighted by Crippen LogP contribution is 2.29. The molecule has 1 N–H and O–H groups in total. The first-order chi connectivity index (χ1) is 15.8. The molecule has 0 aliphatic heterocycles. The lowest BCUT2D eigenvalue weighted by molar-refractivity contribution is 0.587. The minimum atomic E-state index is -0.255. The fraction of sp³-hybridized carbons (Fsp3) is 0.300. The number of nitrogens with one attached hydrogen (secondary N) is 1. The minimum Gasteiger partial charge on any atom is -0.385 e. The van der Waals surface area contributed by atoms with Crippen LogP contribution in [-0.4, -0.2) is 11.5 Å². The van der Waals surface area contributed by atoms with E-state index in [1.54, 1.807) is 6.92 Å². The summed E-state index contributed by atoms with van der Waals surface area (Å²) >= 11 is 0. The van der Waals surface area contributed by atoms with Gasteiger partial charge in [0.15, 0.2) is 0 Å². The van der Waals surface area contributed by atoms with Crippen LogP contribution < -0.4 is 5.32 Å². The molecule has 33 heavy (non-hydrogen) atoms. The molecule has 0 bridgehead atoms. The van der Waals surface area contributed by atoms with Crippen LogP contribution in [0.5, 0.6) is 0 Å². The number of benzene rings is 2. The molecule has 0 amide bonds. The first-order valence-electron chi connectivity index (χ1n) is 11.8. The second-order valence-corrected chi connectivity index (χ2v) is 9.08. The molecule has 0 radical (unpaired) electrons. The van der Waals surface area contributed by atoms with Crippen LogP contribution >= 0.6 is 0 Å². The lowest BCUT2D eigenvalue weighted by Gasteiger charge is -2.14. The molecule has 0 spiro atoms. The highest BCUT2D eigenvalue weighted by atomic mass is 19.1. The Labute approximate surface area is 198 Å². The molecule has 2 nitrogen and oxygen atoms in total. The Kier molecular flexibility index (Phi) is 8.21. The summed E-state index contributed by atoms with van der Waals surface area (Å²) in [5.41, 5.74) is 7.87. The van der Waals surface area contributed by atoms with Gasteiger partial charge in [0, 0.05) is 35.1 Å². The van der Waals surface area contributed by atoms with Gasteiger partial charge >= 0.3 is 0 Å². The third-order valence-corrected chi connectivity index (χ3v) is 5.98. The first kappa shape index (κ1) is 24.4. The molecule has 0 saturated heterocycles. The maximum Gasteiger partial charge on any atom is 0.127 e. The van der Waals surface area contributed by atoms with Crippen molar-refractivity contribution in [2.24, 2.45) is 5.92 Å². The van der Waals surface area contributed by atoms with Crippen LogP contribution in [0, 0.1) is 18.7 Å². The molecular formula is C30H35FN2. The van der Waals surface area contributed by atoms with E-state index >= 15 is 0 Å². The lowest BCUT2D eigenvalue weighted by atomic mass is 9.96. The second kappa shape index (κ2) is 11.1. The summed E-state index contributed by atoms with van der Waals surface area (Å²) in [5, 5.41) is 3.24. The van der Waals surface area contributed by atoms with Gasteiger partial charge in [-0.05, 0) is 72.6 Å². The van der Waals surface area contributed by atoms with Crippen molar-refractivity contribution in [3.05, 3.63) is 102 Å². The van der Waals surface area contributed by atoms with E-state index < -0.39 is 0 Å². The number of hydrogen-bond donors (Lipinski definition) is 1. The Morgan fingerprint density at radius 3 is 2.30 bits per heavy atom. The molecule has 0 atom stereocenters. The third kappa shape index (κ3) is 6.19. The normalized spacial score (nSPS) is 11.0. The van der Waals surface area contributed by atoms with Gasteiger partial charge in [-0.25, -0.2) is 4.39 Å². The molecule has 0 aliphatic rings. The van der Waals surface area contributed by atoms with Gasteiger partial charge in [-0.3, -0.25) is 4.98 Å². The van der Waals surface area contributed by atoms with E-state index in [9.17, 15) is 4.39 Å². The van der Waals surface area contributed by atoms with Crippen LogP contribution in [0.2, 0.25) is 0 Å². The number of hydrogen-bond acceptors (Lipinski definition) is 2. The van der Waals surface area contributed by atoms with Gasteiger partial charge in [0.25, 0.3) is 0 Å². The van der Waals surface area contributed by atoms with Crippen molar-refractivity contribution in [1.29, 1.82) is 0 Å². The lowest BCUT2D eigenvalue weighted by Crippen LogP contribution is -2.12. The summed E-state index contributed by atoms with van der Waals surface area (Å²) in [4.78, 5) is 4.65. The average molecular weight is 443 g/mol. The molecule has 2 aromatic carbocycles. The highest BCUT2D eigenvalue weighted by Gasteiger charge is 2.13. The van der Waals surface area contributed by atoms with Crippen LogP contribution in [0.15, 0.2) is 67.9 Å². The average Bonchev–Trinajstić information content (AvgIpc) is 2.82. The number of aromatic nitrogens is 1. The summed E-state index contributed by atoms with van der Waals surface area (Å²) in [6.07, 6.45) is 5.08. The number of aryl methyl sites for hydroxylation is 1. The molecule has 3 aromatic rings. The second-order valence-electron chi connectivity index (χ2n) is 9.08. The van der Waals surface area contributed by atoms with Crippen LogP contribution in [-0.2, 0) is 6.42 Å². The van der Waals surface area contributed by atoms with Gasteiger partial charge in [-0.2, -0.15) is 0 Å². The van der Waals surface area contributed by atoms with Crippen molar-refractivity contribution in [3.63, 3.8) is 0 Å². The Balaban J connectivity index is 1.80. The van der Waals surface area contributed by atoms with Gasteiger partial charge < -0.3 is 5.32 Å². The maximum absolute atomic E-state index is 14.7. The summed E-state index contributed by atoms with van der Waals surface area (Å²) in [6, 6.07) is 16.1. The SMILES string of the molecule is C=C(NCCC)c1cc(F)c(C)c(-c2ccc(C(=C)c3ccc(CCC(C)C)cc3)cn2)c1. The minimum absolute atomic E-state index is 0.255. The van der Waals surface area contributed by atoms with E-state index in [0.717, 1.165) is 58.6 Å². The number of halogens is 1. The predicted octanol–water partition coefficient (Wildman–Crippen LogP) is 7.82. The third-order valence-electron chi connectivity index (χ3n) is 5.98. The van der Waals surface area contributed by atoms with E-state index in [4.69, 9.17) is 0 Å². The van der Waals surface area contributed by atoms with Gasteiger partial charge in [-0.15, -0.1) is 0 Å². The van der Waals surface area contributed by atoms with E-state index in [2.05, 4.69) is 68.5 Å². The molecular weight excluding hydrogens is 407 g/mol. The maximum atomic E-state index is 14.7. The Morgan fingerprint density at radius 1 is 1.00 bits per heavy atom. The van der Waals surface area contributed by atoms with E-state index in [1.807, 2.05) is 24.4 Å². The van der Waals surface area contributed by atoms with Gasteiger partial charge in [0.1, 0.15) is 5.82 Å². The van der Waals surface area contributed by atoms with Crippen LogP contribution in [0.4, 0.5) is 4.39 Å². The number of pyridine rings is 1. The molecule has 0 aliphatic carbocycles. The van der Waals surface area contributed by atoms with Crippen molar-refractivity contribution in [3.8, 4) is 11.3 Å². The molecule has 0 fully saturated rings. The van der Waals surface area contributed by atoms with Crippen molar-refractivity contribution < 1.29 is 4.39 Å². The summed E-state index contributed by atoms with van der Waals surface area (Å²) in [7, 11) is 0. The molecule has 3 rings (SSSR count). The fourth-order valence-corrected chi connectivity index (χ4v) is 3.72. The monoisotopic (exact) mass is 442 g/mol. The van der Waals surface area contributed by atoms with Gasteiger partial charge in [-0.1, -0.05) is 64.3 Å². The summed E-state index contributed by atoms with van der Waals surface area (Å²) < 4.78 is 14.7. The van der Waals surface area contributed by atoms with Crippen molar-refractivity contribution >= 4 is 11.3 Å². The van der Waals surface area contributed by atoms with Crippen LogP contribution in [0.1, 0.15) is 61.4 Å². The van der Waals surface area contributed by atoms with Crippen molar-refractivity contribution in [2.75, 3.05) is 6.54 Å². The van der Waals surface area contributed by atoms with E-state index in [1.165, 1.54) is 18.1 Å². The van der Waals surface area contributed by atoms with Crippen LogP contribution in [0.25, 0.3) is 22.5 Å². The van der Waals surface area contributed by atoms with Crippen molar-refractivity contribution in [1.82, 2.24) is 10.3 Å². The molecule has 1 aromatic heterocycles. The quantitative estimate of drug-likeness (QED) is 0.346. The molecule has 1 heterocycles. The smallest absolute Gasteiger partial charge is 0.127 e. The fourth-order valence-electron chi connectivity index (χ4n) is 3.72. The topological polar surface area (TPSA) is 24.9 Å². The molecule has 0 unspecified atom stereocenters. The zero-order valence-corrected chi connectivity index (χ0v) is 20.3. The summed E-state index contributed by atoms with van der Waals surface area (Å²) in [5.74, 6) is 0.447. The number of rotatable bonds is 10. The highest BCUT2D eigenvalue weighted by molar-refractivity contribution is 5.79. The summed E-state index contributed by atoms with van der Waals surface area (Å²) in [6.45, 7) is 17.5. The largest absolute Gasteiger partial charge is 0.385 e. The standard InChI is InChI=1S/C30H35FN2/c1-7-16-32-23(6)27-17-28(22(5)29(31)18-27)30-15-14-26(19-33-30)21(4)25-12-10-24(11-13-25)9-8-20(2)3/h10-15,17-20,32H,4,6-9,16H2,1-3,5H3. The zero-order chi connectivity index (χ0) is 24.0. The number of nitrogens with zero attached hydrogens (tertiary/aromatic N) is 1. The van der Waals surface area contributed by atoms with Crippen LogP contribution in [0.3, 0.4) is 0 Å². The Morgan fingerprint density at radius 2 is 1.70 bits per heavy atom. The molecule has 0 saturated carbocycles. The van der Waals surface area contributed by atoms with Gasteiger partial charge in [0.05, 0.1) is 5.69 Å². The molecule has 172 valence electrons. The van der Waals surface area contributed by atoms with E-state index in [-0.39, 0.29) is 5.82 Å². The Bertz CT molecular complexity index is 1110. The first-order valence-corrected chi connectivity index (χ1v) is 11.8. The predicted molar refractivity (Wildman–Crippen MR) is 139 cm³/mol.